The molecular formula is C16H23Cl2N. The molecule has 1 aromatic rings. The lowest BCUT2D eigenvalue weighted by Gasteiger charge is -2.37. The third kappa shape index (κ3) is 3.65. The first-order chi connectivity index (χ1) is 9.01. The van der Waals surface area contributed by atoms with Crippen LogP contribution in [0.1, 0.15) is 44.7 Å². The van der Waals surface area contributed by atoms with Crippen LogP contribution in [-0.2, 0) is 0 Å². The van der Waals surface area contributed by atoms with Gasteiger partial charge in [-0.25, -0.2) is 0 Å². The predicted octanol–water partition coefficient (Wildman–Crippen LogP) is 5.33. The summed E-state index contributed by atoms with van der Waals surface area (Å²) in [6.45, 7) is 4.74. The van der Waals surface area contributed by atoms with Crippen LogP contribution < -0.4 is 5.32 Å². The van der Waals surface area contributed by atoms with Crippen LogP contribution in [0, 0.1) is 17.8 Å². The second-order valence-electron chi connectivity index (χ2n) is 6.00. The van der Waals surface area contributed by atoms with Crippen molar-refractivity contribution in [1.82, 2.24) is 5.32 Å². The second-order valence-corrected chi connectivity index (χ2v) is 6.87. The molecule has 2 rings (SSSR count). The Morgan fingerprint density at radius 2 is 1.68 bits per heavy atom. The van der Waals surface area contributed by atoms with Crippen molar-refractivity contribution in [2.24, 2.45) is 17.8 Å². The van der Waals surface area contributed by atoms with Crippen molar-refractivity contribution in [2.45, 2.75) is 39.2 Å². The van der Waals surface area contributed by atoms with E-state index >= 15 is 0 Å². The zero-order chi connectivity index (χ0) is 14.0. The van der Waals surface area contributed by atoms with Crippen LogP contribution in [0.15, 0.2) is 18.2 Å². The molecule has 1 N–H and O–H groups in total. The van der Waals surface area contributed by atoms with E-state index in [9.17, 15) is 0 Å². The van der Waals surface area contributed by atoms with E-state index in [1.54, 1.807) is 6.07 Å². The Hall–Kier alpha value is -0.240. The molecule has 3 heteroatoms. The van der Waals surface area contributed by atoms with Crippen molar-refractivity contribution >= 4 is 23.2 Å². The normalized spacial score (nSPS) is 29.2. The summed E-state index contributed by atoms with van der Waals surface area (Å²) in [5, 5.41) is 4.91. The highest BCUT2D eigenvalue weighted by Crippen LogP contribution is 2.40. The fraction of sp³-hybridized carbons (Fsp3) is 0.625. The van der Waals surface area contributed by atoms with E-state index < -0.39 is 0 Å². The molecule has 0 saturated heterocycles. The third-order valence-electron chi connectivity index (χ3n) is 4.67. The summed E-state index contributed by atoms with van der Waals surface area (Å²) in [6, 6.07) is 6.23. The van der Waals surface area contributed by atoms with Gasteiger partial charge in [0.15, 0.2) is 0 Å². The third-order valence-corrected chi connectivity index (χ3v) is 5.10. The van der Waals surface area contributed by atoms with Gasteiger partial charge in [0.25, 0.3) is 0 Å². The van der Waals surface area contributed by atoms with Crippen molar-refractivity contribution in [3.63, 3.8) is 0 Å². The predicted molar refractivity (Wildman–Crippen MR) is 83.9 cm³/mol. The lowest BCUT2D eigenvalue weighted by molar-refractivity contribution is 0.175. The van der Waals surface area contributed by atoms with E-state index in [2.05, 4.69) is 19.2 Å². The molecule has 0 amide bonds. The maximum absolute atomic E-state index is 6.13. The maximum atomic E-state index is 6.13. The highest BCUT2D eigenvalue weighted by molar-refractivity contribution is 6.34. The van der Waals surface area contributed by atoms with E-state index in [-0.39, 0.29) is 0 Å². The van der Waals surface area contributed by atoms with Crippen LogP contribution >= 0.6 is 23.2 Å². The van der Waals surface area contributed by atoms with Crippen molar-refractivity contribution in [1.29, 1.82) is 0 Å². The monoisotopic (exact) mass is 299 g/mol. The smallest absolute Gasteiger partial charge is 0.0424 e. The summed E-state index contributed by atoms with van der Waals surface area (Å²) in [5.41, 5.74) is 1.21. The Kier molecular flexibility index (Phi) is 5.16. The number of halogens is 2. The Labute approximate surface area is 126 Å². The van der Waals surface area contributed by atoms with Gasteiger partial charge in [-0.15, -0.1) is 0 Å². The minimum absolute atomic E-state index is 0.353. The Morgan fingerprint density at radius 3 is 2.21 bits per heavy atom. The Morgan fingerprint density at radius 1 is 1.05 bits per heavy atom. The Bertz CT molecular complexity index is 413. The summed E-state index contributed by atoms with van der Waals surface area (Å²) in [5.74, 6) is 2.31. The lowest BCUT2D eigenvalue weighted by Crippen LogP contribution is -2.31. The van der Waals surface area contributed by atoms with E-state index in [4.69, 9.17) is 23.2 Å². The molecule has 1 aliphatic carbocycles. The van der Waals surface area contributed by atoms with Gasteiger partial charge < -0.3 is 5.32 Å². The fourth-order valence-corrected chi connectivity index (χ4v) is 3.86. The molecule has 0 bridgehead atoms. The highest BCUT2D eigenvalue weighted by Gasteiger charge is 2.30. The molecule has 1 aromatic carbocycles. The van der Waals surface area contributed by atoms with E-state index in [0.29, 0.717) is 12.0 Å². The van der Waals surface area contributed by atoms with Gasteiger partial charge in [-0.3, -0.25) is 0 Å². The largest absolute Gasteiger partial charge is 0.313 e. The van der Waals surface area contributed by atoms with Gasteiger partial charge >= 0.3 is 0 Å². The van der Waals surface area contributed by atoms with Crippen LogP contribution in [-0.4, -0.2) is 7.05 Å². The zero-order valence-corrected chi connectivity index (χ0v) is 13.4. The summed E-state index contributed by atoms with van der Waals surface area (Å²) in [4.78, 5) is 0. The first-order valence-electron chi connectivity index (χ1n) is 7.14. The second kappa shape index (κ2) is 6.47. The molecule has 0 heterocycles. The van der Waals surface area contributed by atoms with Crippen molar-refractivity contribution in [3.05, 3.63) is 33.8 Å². The summed E-state index contributed by atoms with van der Waals surface area (Å²) >= 11 is 12.3. The number of rotatable bonds is 3. The lowest BCUT2D eigenvalue weighted by atomic mass is 9.72. The molecule has 4 unspecified atom stereocenters. The first kappa shape index (κ1) is 15.2. The zero-order valence-electron chi connectivity index (χ0n) is 11.9. The Balaban J connectivity index is 2.19. The van der Waals surface area contributed by atoms with Gasteiger partial charge in [-0.05, 0) is 61.4 Å². The number of hydrogen-bond acceptors (Lipinski definition) is 1. The quantitative estimate of drug-likeness (QED) is 0.796. The molecule has 106 valence electrons. The fourth-order valence-electron chi connectivity index (χ4n) is 3.32. The van der Waals surface area contributed by atoms with Crippen LogP contribution in [0.5, 0.6) is 0 Å². The van der Waals surface area contributed by atoms with E-state index in [1.165, 1.54) is 24.8 Å². The van der Waals surface area contributed by atoms with Gasteiger partial charge in [0, 0.05) is 16.1 Å². The van der Waals surface area contributed by atoms with Gasteiger partial charge in [0.1, 0.15) is 0 Å². The minimum atomic E-state index is 0.353. The van der Waals surface area contributed by atoms with Crippen LogP contribution in [0.2, 0.25) is 10.0 Å². The highest BCUT2D eigenvalue weighted by atomic mass is 35.5. The van der Waals surface area contributed by atoms with E-state index in [0.717, 1.165) is 21.9 Å². The molecule has 1 saturated carbocycles. The van der Waals surface area contributed by atoms with Crippen LogP contribution in [0.25, 0.3) is 0 Å². The van der Waals surface area contributed by atoms with Gasteiger partial charge in [-0.1, -0.05) is 43.5 Å². The van der Waals surface area contributed by atoms with Gasteiger partial charge in [-0.2, -0.15) is 0 Å². The van der Waals surface area contributed by atoms with Crippen LogP contribution in [0.3, 0.4) is 0 Å². The topological polar surface area (TPSA) is 12.0 Å². The summed E-state index contributed by atoms with van der Waals surface area (Å²) in [6.07, 6.45) is 3.87. The van der Waals surface area contributed by atoms with Crippen molar-refractivity contribution in [3.8, 4) is 0 Å². The maximum Gasteiger partial charge on any atom is 0.0424 e. The molecule has 1 aliphatic rings. The van der Waals surface area contributed by atoms with Crippen molar-refractivity contribution in [2.75, 3.05) is 7.05 Å². The number of benzene rings is 1. The number of nitrogens with one attached hydrogen (secondary N) is 1. The molecule has 1 fully saturated rings. The SMILES string of the molecule is CNC(c1cc(Cl)cc(Cl)c1)C1CCC(C)C(C)C1. The molecule has 0 radical (unpaired) electrons. The first-order valence-corrected chi connectivity index (χ1v) is 7.90. The molecule has 0 aliphatic heterocycles. The minimum Gasteiger partial charge on any atom is -0.313 e. The van der Waals surface area contributed by atoms with E-state index in [1.807, 2.05) is 19.2 Å². The van der Waals surface area contributed by atoms with Crippen molar-refractivity contribution < 1.29 is 0 Å². The molecule has 19 heavy (non-hydrogen) atoms. The molecular weight excluding hydrogens is 277 g/mol. The number of hydrogen-bond donors (Lipinski definition) is 1. The average molecular weight is 300 g/mol. The molecule has 1 nitrogen and oxygen atoms in total. The molecule has 4 atom stereocenters. The van der Waals surface area contributed by atoms with Gasteiger partial charge in [0.2, 0.25) is 0 Å². The molecule has 0 aromatic heterocycles. The van der Waals surface area contributed by atoms with Crippen LogP contribution in [0.4, 0.5) is 0 Å². The summed E-state index contributed by atoms with van der Waals surface area (Å²) < 4.78 is 0. The average Bonchev–Trinajstić information content (AvgIpc) is 2.33. The van der Waals surface area contributed by atoms with Gasteiger partial charge in [0.05, 0.1) is 0 Å². The summed E-state index contributed by atoms with van der Waals surface area (Å²) in [7, 11) is 2.03. The molecule has 0 spiro atoms. The standard InChI is InChI=1S/C16H23Cl2N/c1-10-4-5-12(6-11(10)2)16(19-3)13-7-14(17)9-15(18)8-13/h7-12,16,19H,4-6H2,1-3H3.